The molecule has 110 valence electrons. The van der Waals surface area contributed by atoms with Crippen LogP contribution in [0.15, 0.2) is 30.3 Å². The molecule has 0 aromatic heterocycles. The van der Waals surface area contributed by atoms with Gasteiger partial charge in [0.05, 0.1) is 0 Å². The Kier molecular flexibility index (Phi) is 4.17. The van der Waals surface area contributed by atoms with Crippen molar-refractivity contribution in [2.24, 2.45) is 5.92 Å². The van der Waals surface area contributed by atoms with Crippen molar-refractivity contribution in [1.29, 1.82) is 0 Å². The number of rotatable bonds is 3. The van der Waals surface area contributed by atoms with Gasteiger partial charge in [0.1, 0.15) is 6.61 Å². The molecule has 20 heavy (non-hydrogen) atoms. The van der Waals surface area contributed by atoms with Crippen LogP contribution in [0.2, 0.25) is 0 Å². The standard InChI is InChI=1S/C13H14F3NO3/c14-13(15,16)11(18)10-6-17(7-10)12(19)20-8-9-4-2-1-3-5-9/h1-5,10-11,18H,6-8H2. The van der Waals surface area contributed by atoms with Gasteiger partial charge in [-0.15, -0.1) is 0 Å². The lowest BCUT2D eigenvalue weighted by molar-refractivity contribution is -0.230. The van der Waals surface area contributed by atoms with E-state index in [1.54, 1.807) is 24.3 Å². The van der Waals surface area contributed by atoms with Crippen molar-refractivity contribution in [3.8, 4) is 0 Å². The summed E-state index contributed by atoms with van der Waals surface area (Å²) in [6.07, 6.45) is -7.70. The summed E-state index contributed by atoms with van der Waals surface area (Å²) in [6, 6.07) is 8.97. The van der Waals surface area contributed by atoms with Crippen LogP contribution in [0.4, 0.5) is 18.0 Å². The van der Waals surface area contributed by atoms with Crippen LogP contribution in [0.5, 0.6) is 0 Å². The lowest BCUT2D eigenvalue weighted by atomic mass is 9.94. The molecule has 0 aliphatic carbocycles. The van der Waals surface area contributed by atoms with E-state index in [1.165, 1.54) is 0 Å². The first-order chi connectivity index (χ1) is 9.38. The van der Waals surface area contributed by atoms with Gasteiger partial charge in [0.2, 0.25) is 0 Å². The second-order valence-electron chi connectivity index (χ2n) is 4.69. The van der Waals surface area contributed by atoms with E-state index < -0.39 is 24.3 Å². The maximum Gasteiger partial charge on any atom is 0.414 e. The van der Waals surface area contributed by atoms with Crippen molar-refractivity contribution in [3.05, 3.63) is 35.9 Å². The highest BCUT2D eigenvalue weighted by Crippen LogP contribution is 2.31. The van der Waals surface area contributed by atoms with Gasteiger partial charge in [-0.1, -0.05) is 30.3 Å². The molecule has 1 heterocycles. The summed E-state index contributed by atoms with van der Waals surface area (Å²) in [7, 11) is 0. The van der Waals surface area contributed by atoms with Gasteiger partial charge in [0, 0.05) is 19.0 Å². The molecule has 0 bridgehead atoms. The zero-order chi connectivity index (χ0) is 14.8. The Morgan fingerprint density at radius 3 is 2.50 bits per heavy atom. The van der Waals surface area contributed by atoms with Crippen molar-refractivity contribution in [2.75, 3.05) is 13.1 Å². The fraction of sp³-hybridized carbons (Fsp3) is 0.462. The van der Waals surface area contributed by atoms with E-state index in [0.717, 1.165) is 10.5 Å². The van der Waals surface area contributed by atoms with Crippen molar-refractivity contribution < 1.29 is 27.8 Å². The van der Waals surface area contributed by atoms with E-state index in [2.05, 4.69) is 0 Å². The molecule has 0 spiro atoms. The highest BCUT2D eigenvalue weighted by molar-refractivity contribution is 5.68. The number of nitrogens with zero attached hydrogens (tertiary/aromatic N) is 1. The normalized spacial score (nSPS) is 17.5. The molecule has 1 fully saturated rings. The number of hydrogen-bond donors (Lipinski definition) is 1. The Morgan fingerprint density at radius 2 is 1.95 bits per heavy atom. The van der Waals surface area contributed by atoms with Gasteiger partial charge in [-0.3, -0.25) is 0 Å². The van der Waals surface area contributed by atoms with Gasteiger partial charge in [-0.05, 0) is 5.56 Å². The Bertz CT molecular complexity index is 458. The minimum Gasteiger partial charge on any atom is -0.445 e. The van der Waals surface area contributed by atoms with E-state index in [4.69, 9.17) is 9.84 Å². The smallest absolute Gasteiger partial charge is 0.414 e. The summed E-state index contributed by atoms with van der Waals surface area (Å²) in [5, 5.41) is 9.01. The molecule has 4 nitrogen and oxygen atoms in total. The number of amides is 1. The Balaban J connectivity index is 1.74. The predicted octanol–water partition coefficient (Wildman–Crippen LogP) is 2.18. The number of ether oxygens (including phenoxy) is 1. The van der Waals surface area contributed by atoms with Crippen molar-refractivity contribution in [2.45, 2.75) is 18.9 Å². The number of benzene rings is 1. The minimum atomic E-state index is -4.65. The summed E-state index contributed by atoms with van der Waals surface area (Å²) in [5.74, 6) is -0.973. The van der Waals surface area contributed by atoms with E-state index in [1.807, 2.05) is 6.07 Å². The molecule has 1 aromatic rings. The molecule has 7 heteroatoms. The van der Waals surface area contributed by atoms with Crippen LogP contribution in [0.3, 0.4) is 0 Å². The molecule has 1 unspecified atom stereocenters. The van der Waals surface area contributed by atoms with Crippen molar-refractivity contribution in [1.82, 2.24) is 4.90 Å². The van der Waals surface area contributed by atoms with Gasteiger partial charge < -0.3 is 14.7 Å². The SMILES string of the molecule is O=C(OCc1ccccc1)N1CC(C(O)C(F)(F)F)C1. The van der Waals surface area contributed by atoms with E-state index >= 15 is 0 Å². The van der Waals surface area contributed by atoms with Crippen LogP contribution in [0.25, 0.3) is 0 Å². The van der Waals surface area contributed by atoms with Crippen LogP contribution in [0, 0.1) is 5.92 Å². The number of alkyl halides is 3. The van der Waals surface area contributed by atoms with Gasteiger partial charge in [0.25, 0.3) is 0 Å². The Labute approximate surface area is 113 Å². The van der Waals surface area contributed by atoms with Crippen molar-refractivity contribution >= 4 is 6.09 Å². The number of likely N-dealkylation sites (tertiary alicyclic amines) is 1. The Hall–Kier alpha value is -1.76. The van der Waals surface area contributed by atoms with Crippen LogP contribution in [-0.4, -0.2) is 41.5 Å². The number of aliphatic hydroxyl groups is 1. The summed E-state index contributed by atoms with van der Waals surface area (Å²) >= 11 is 0. The van der Waals surface area contributed by atoms with Crippen LogP contribution < -0.4 is 0 Å². The lowest BCUT2D eigenvalue weighted by Crippen LogP contribution is -2.57. The zero-order valence-electron chi connectivity index (χ0n) is 10.5. The molecule has 1 saturated heterocycles. The summed E-state index contributed by atoms with van der Waals surface area (Å²) in [4.78, 5) is 12.7. The highest BCUT2D eigenvalue weighted by Gasteiger charge is 2.49. The summed E-state index contributed by atoms with van der Waals surface area (Å²) in [5.41, 5.74) is 0.799. The maximum atomic E-state index is 12.2. The molecular formula is C13H14F3NO3. The van der Waals surface area contributed by atoms with Crippen LogP contribution >= 0.6 is 0 Å². The number of carbonyl (C=O) groups is 1. The number of hydrogen-bond acceptors (Lipinski definition) is 3. The molecule has 1 aliphatic rings. The molecular weight excluding hydrogens is 275 g/mol. The molecule has 1 atom stereocenters. The van der Waals surface area contributed by atoms with Crippen LogP contribution in [0.1, 0.15) is 5.56 Å². The summed E-state index contributed by atoms with van der Waals surface area (Å²) < 4.78 is 41.7. The largest absolute Gasteiger partial charge is 0.445 e. The average molecular weight is 289 g/mol. The second kappa shape index (κ2) is 5.70. The number of halogens is 3. The molecule has 1 aliphatic heterocycles. The van der Waals surface area contributed by atoms with Gasteiger partial charge >= 0.3 is 12.3 Å². The van der Waals surface area contributed by atoms with Gasteiger partial charge in [-0.2, -0.15) is 13.2 Å². The molecule has 1 N–H and O–H groups in total. The number of carbonyl (C=O) groups excluding carboxylic acids is 1. The highest BCUT2D eigenvalue weighted by atomic mass is 19.4. The fourth-order valence-electron chi connectivity index (χ4n) is 1.94. The Morgan fingerprint density at radius 1 is 1.35 bits per heavy atom. The first-order valence-electron chi connectivity index (χ1n) is 6.08. The maximum absolute atomic E-state index is 12.2. The monoisotopic (exact) mass is 289 g/mol. The second-order valence-corrected chi connectivity index (χ2v) is 4.69. The zero-order valence-corrected chi connectivity index (χ0v) is 10.5. The quantitative estimate of drug-likeness (QED) is 0.928. The third-order valence-electron chi connectivity index (χ3n) is 3.16. The first kappa shape index (κ1) is 14.6. The molecule has 0 radical (unpaired) electrons. The first-order valence-corrected chi connectivity index (χ1v) is 6.08. The topological polar surface area (TPSA) is 49.8 Å². The van der Waals surface area contributed by atoms with Crippen LogP contribution in [-0.2, 0) is 11.3 Å². The van der Waals surface area contributed by atoms with Crippen molar-refractivity contribution in [3.63, 3.8) is 0 Å². The van der Waals surface area contributed by atoms with Gasteiger partial charge in [0.15, 0.2) is 6.10 Å². The van der Waals surface area contributed by atoms with Gasteiger partial charge in [-0.25, -0.2) is 4.79 Å². The molecule has 2 rings (SSSR count). The van der Waals surface area contributed by atoms with E-state index in [-0.39, 0.29) is 19.7 Å². The third kappa shape index (κ3) is 3.41. The predicted molar refractivity (Wildman–Crippen MR) is 63.8 cm³/mol. The summed E-state index contributed by atoms with van der Waals surface area (Å²) in [6.45, 7) is -0.217. The fourth-order valence-corrected chi connectivity index (χ4v) is 1.94. The average Bonchev–Trinajstić information content (AvgIpc) is 2.34. The number of aliphatic hydroxyl groups excluding tert-OH is 1. The molecule has 1 aromatic carbocycles. The van der Waals surface area contributed by atoms with E-state index in [9.17, 15) is 18.0 Å². The van der Waals surface area contributed by atoms with E-state index in [0.29, 0.717) is 0 Å². The molecule has 1 amide bonds. The lowest BCUT2D eigenvalue weighted by Gasteiger charge is -2.40. The minimum absolute atomic E-state index is 0.0721. The third-order valence-corrected chi connectivity index (χ3v) is 3.16. The molecule has 0 saturated carbocycles.